The molecule has 3 saturated heterocycles. The smallest absolute Gasteiger partial charge is 0.216 e. The third-order valence-corrected chi connectivity index (χ3v) is 8.65. The zero-order valence-electron chi connectivity index (χ0n) is 23.5. The monoisotopic (exact) mass is 585 g/mol. The molecular weight excluding hydrogens is 553 g/mol. The lowest BCUT2D eigenvalue weighted by molar-refractivity contribution is -0.0392. The van der Waals surface area contributed by atoms with Gasteiger partial charge in [-0.1, -0.05) is 36.4 Å². The molecule has 6 heterocycles. The number of ether oxygens (including phenoxy) is 5. The highest BCUT2D eigenvalue weighted by Gasteiger charge is 2.48. The Morgan fingerprint density at radius 1 is 0.837 bits per heavy atom. The van der Waals surface area contributed by atoms with Crippen molar-refractivity contribution in [2.45, 2.75) is 49.9 Å². The molecule has 8 rings (SSSR count). The first kappa shape index (κ1) is 26.8. The molecule has 2 aromatic heterocycles. The maximum Gasteiger partial charge on any atom is 0.216 e. The third kappa shape index (κ3) is 4.88. The summed E-state index contributed by atoms with van der Waals surface area (Å²) in [6.45, 7) is 2.46. The van der Waals surface area contributed by atoms with Gasteiger partial charge in [-0.3, -0.25) is 4.57 Å². The lowest BCUT2D eigenvalue weighted by Gasteiger charge is -2.27. The molecule has 1 N–H and O–H groups in total. The molecule has 4 aromatic rings. The second-order valence-electron chi connectivity index (χ2n) is 11.4. The summed E-state index contributed by atoms with van der Waals surface area (Å²) in [5.41, 5.74) is 5.18. The number of halogens is 1. The first-order valence-electron chi connectivity index (χ1n) is 14.9. The molecule has 4 aliphatic rings. The standard InChI is InChI=1S/C33H32FN3O6/c34-23-15-25-24(16-29(37(25)28-3-1-2-13-39-28)43-27-18-42-31-26(38)17-41-32(27)31)36-30(23)21-8-4-19(5-9-21)20-6-10-22(11-7-20)33-35-12-14-40-33/h4-11,15-16,26-28,31-32,38H,1-3,12-14,17-18H2/t26-,27-,28?,31?,32-/m1/s1. The molecule has 0 amide bonds. The summed E-state index contributed by atoms with van der Waals surface area (Å²) in [6.07, 6.45) is 0.631. The lowest BCUT2D eigenvalue weighted by Crippen LogP contribution is -2.35. The molecule has 3 fully saturated rings. The maximum atomic E-state index is 15.8. The molecule has 0 saturated carbocycles. The minimum atomic E-state index is -0.670. The Labute approximate surface area is 247 Å². The molecule has 43 heavy (non-hydrogen) atoms. The Balaban J connectivity index is 1.10. The first-order chi connectivity index (χ1) is 21.1. The van der Waals surface area contributed by atoms with Gasteiger partial charge in [0.05, 0.1) is 30.8 Å². The zero-order valence-corrected chi connectivity index (χ0v) is 23.5. The number of rotatable bonds is 6. The number of benzene rings is 2. The van der Waals surface area contributed by atoms with Crippen LogP contribution in [0.1, 0.15) is 31.1 Å². The molecule has 0 spiro atoms. The van der Waals surface area contributed by atoms with Crippen LogP contribution >= 0.6 is 0 Å². The summed E-state index contributed by atoms with van der Waals surface area (Å²) in [5.74, 6) is 0.788. The van der Waals surface area contributed by atoms with Crippen LogP contribution in [0, 0.1) is 5.82 Å². The quantitative estimate of drug-likeness (QED) is 0.344. The molecule has 2 unspecified atom stereocenters. The normalized spacial score (nSPS) is 26.8. The summed E-state index contributed by atoms with van der Waals surface area (Å²) in [5, 5.41) is 10.2. The topological polar surface area (TPSA) is 96.6 Å². The van der Waals surface area contributed by atoms with E-state index in [1.54, 1.807) is 0 Å². The van der Waals surface area contributed by atoms with Gasteiger partial charge in [-0.25, -0.2) is 14.4 Å². The van der Waals surface area contributed by atoms with Gasteiger partial charge in [0.15, 0.2) is 17.8 Å². The minimum Gasteiger partial charge on any atom is -0.476 e. The van der Waals surface area contributed by atoms with Crippen LogP contribution in [0.2, 0.25) is 0 Å². The average molecular weight is 586 g/mol. The molecule has 5 atom stereocenters. The molecule has 0 aliphatic carbocycles. The van der Waals surface area contributed by atoms with E-state index in [9.17, 15) is 5.11 Å². The Morgan fingerprint density at radius 2 is 1.58 bits per heavy atom. The van der Waals surface area contributed by atoms with E-state index >= 15 is 4.39 Å². The molecule has 9 nitrogen and oxygen atoms in total. The summed E-state index contributed by atoms with van der Waals surface area (Å²) >= 11 is 0. The fourth-order valence-electron chi connectivity index (χ4n) is 6.45. The van der Waals surface area contributed by atoms with Crippen LogP contribution in [0.25, 0.3) is 33.4 Å². The summed E-state index contributed by atoms with van der Waals surface area (Å²) in [6, 6.07) is 19.2. The van der Waals surface area contributed by atoms with Gasteiger partial charge in [0.1, 0.15) is 36.8 Å². The van der Waals surface area contributed by atoms with Crippen molar-refractivity contribution in [2.24, 2.45) is 4.99 Å². The van der Waals surface area contributed by atoms with Crippen molar-refractivity contribution in [3.05, 3.63) is 72.0 Å². The number of aromatic nitrogens is 2. The van der Waals surface area contributed by atoms with E-state index in [0.29, 0.717) is 54.7 Å². The molecule has 4 aliphatic heterocycles. The van der Waals surface area contributed by atoms with Gasteiger partial charge in [0.2, 0.25) is 5.90 Å². The second kappa shape index (κ2) is 11.0. The van der Waals surface area contributed by atoms with Crippen LogP contribution < -0.4 is 4.74 Å². The van der Waals surface area contributed by atoms with Crippen LogP contribution in [0.4, 0.5) is 4.39 Å². The minimum absolute atomic E-state index is 0.217. The van der Waals surface area contributed by atoms with E-state index in [4.69, 9.17) is 28.7 Å². The van der Waals surface area contributed by atoms with E-state index < -0.39 is 24.1 Å². The maximum absolute atomic E-state index is 15.8. The third-order valence-electron chi connectivity index (χ3n) is 8.65. The number of aliphatic hydroxyl groups excluding tert-OH is 1. The van der Waals surface area contributed by atoms with E-state index in [2.05, 4.69) is 4.99 Å². The summed E-state index contributed by atoms with van der Waals surface area (Å²) in [4.78, 5) is 9.14. The summed E-state index contributed by atoms with van der Waals surface area (Å²) < 4.78 is 47.3. The molecule has 0 radical (unpaired) electrons. The van der Waals surface area contributed by atoms with Gasteiger partial charge >= 0.3 is 0 Å². The Kier molecular flexibility index (Phi) is 6.86. The molecule has 10 heteroatoms. The molecule has 2 aromatic carbocycles. The Hall–Kier alpha value is -3.83. The highest BCUT2D eigenvalue weighted by atomic mass is 19.1. The van der Waals surface area contributed by atoms with E-state index in [0.717, 1.165) is 36.0 Å². The number of nitrogens with zero attached hydrogens (tertiary/aromatic N) is 3. The second-order valence-corrected chi connectivity index (χ2v) is 11.4. The van der Waals surface area contributed by atoms with Crippen LogP contribution in [-0.4, -0.2) is 77.9 Å². The fourth-order valence-corrected chi connectivity index (χ4v) is 6.45. The Morgan fingerprint density at radius 3 is 2.30 bits per heavy atom. The largest absolute Gasteiger partial charge is 0.476 e. The number of hydrogen-bond donors (Lipinski definition) is 1. The predicted molar refractivity (Wildman–Crippen MR) is 157 cm³/mol. The summed E-state index contributed by atoms with van der Waals surface area (Å²) in [7, 11) is 0. The highest BCUT2D eigenvalue weighted by Crippen LogP contribution is 2.38. The van der Waals surface area contributed by atoms with Crippen molar-refractivity contribution >= 4 is 16.9 Å². The molecule has 222 valence electrons. The highest BCUT2D eigenvalue weighted by molar-refractivity contribution is 5.95. The first-order valence-corrected chi connectivity index (χ1v) is 14.9. The van der Waals surface area contributed by atoms with Crippen LogP contribution in [-0.2, 0) is 18.9 Å². The van der Waals surface area contributed by atoms with E-state index in [1.165, 1.54) is 6.07 Å². The SMILES string of the molecule is O[C@@H]1CO[C@H]2C1OC[C@H]2Oc1cc2nc(-c3ccc(-c4ccc(C5=NCCO5)cc4)cc3)c(F)cc2n1C1CCCCO1. The predicted octanol–water partition coefficient (Wildman–Crippen LogP) is 4.89. The van der Waals surface area contributed by atoms with Crippen molar-refractivity contribution in [3.63, 3.8) is 0 Å². The average Bonchev–Trinajstić information content (AvgIpc) is 3.85. The van der Waals surface area contributed by atoms with Crippen molar-refractivity contribution in [1.82, 2.24) is 9.55 Å². The van der Waals surface area contributed by atoms with Gasteiger partial charge in [-0.15, -0.1) is 0 Å². The van der Waals surface area contributed by atoms with Crippen LogP contribution in [0.5, 0.6) is 5.88 Å². The zero-order chi connectivity index (χ0) is 28.9. The van der Waals surface area contributed by atoms with E-state index in [1.807, 2.05) is 59.2 Å². The van der Waals surface area contributed by atoms with Crippen molar-refractivity contribution in [3.8, 4) is 28.3 Å². The number of hydrogen-bond acceptors (Lipinski definition) is 8. The van der Waals surface area contributed by atoms with Gasteiger partial charge in [0.25, 0.3) is 0 Å². The van der Waals surface area contributed by atoms with Gasteiger partial charge in [0, 0.05) is 29.9 Å². The number of aliphatic hydroxyl groups is 1. The van der Waals surface area contributed by atoms with Crippen LogP contribution in [0.15, 0.2) is 65.7 Å². The van der Waals surface area contributed by atoms with Crippen molar-refractivity contribution in [1.29, 1.82) is 0 Å². The van der Waals surface area contributed by atoms with Gasteiger partial charge in [-0.2, -0.15) is 0 Å². The number of fused-ring (bicyclic) bond motifs is 2. The van der Waals surface area contributed by atoms with E-state index in [-0.39, 0.29) is 24.6 Å². The Bertz CT molecular complexity index is 1660. The molecular formula is C33H32FN3O6. The fraction of sp³-hybridized carbons (Fsp3) is 0.394. The van der Waals surface area contributed by atoms with Crippen molar-refractivity contribution in [2.75, 3.05) is 33.0 Å². The lowest BCUT2D eigenvalue weighted by atomic mass is 10.0. The molecule has 0 bridgehead atoms. The van der Waals surface area contributed by atoms with Crippen LogP contribution in [0.3, 0.4) is 0 Å². The van der Waals surface area contributed by atoms with Crippen molar-refractivity contribution < 1.29 is 33.2 Å². The van der Waals surface area contributed by atoms with Gasteiger partial charge < -0.3 is 28.8 Å². The number of aliphatic imine (C=N–C) groups is 1. The van der Waals surface area contributed by atoms with Gasteiger partial charge in [-0.05, 0) is 42.5 Å². The number of pyridine rings is 1.